The molecule has 2 heteroatoms. The Kier molecular flexibility index (Phi) is 3.78. The Hall–Kier alpha value is -2.09. The first-order chi connectivity index (χ1) is 8.66. The van der Waals surface area contributed by atoms with E-state index in [-0.39, 0.29) is 0 Å². The van der Waals surface area contributed by atoms with Crippen molar-refractivity contribution in [1.82, 2.24) is 4.98 Å². The summed E-state index contributed by atoms with van der Waals surface area (Å²) in [4.78, 5) is 6.13. The summed E-state index contributed by atoms with van der Waals surface area (Å²) in [7, 11) is 4.10. The zero-order valence-corrected chi connectivity index (χ0v) is 11.1. The SMILES string of the molecule is C/C(=C/c1ccc(N(C)C)cc1)c1ccncc1. The topological polar surface area (TPSA) is 16.1 Å². The number of rotatable bonds is 3. The number of pyridine rings is 1. The lowest BCUT2D eigenvalue weighted by Gasteiger charge is -2.12. The zero-order chi connectivity index (χ0) is 13.0. The molecule has 2 rings (SSSR count). The van der Waals surface area contributed by atoms with Gasteiger partial charge in [0.2, 0.25) is 0 Å². The predicted octanol–water partition coefficient (Wildman–Crippen LogP) is 3.71. The van der Waals surface area contributed by atoms with Crippen LogP contribution >= 0.6 is 0 Å². The van der Waals surface area contributed by atoms with Gasteiger partial charge in [-0.3, -0.25) is 4.98 Å². The van der Waals surface area contributed by atoms with E-state index in [2.05, 4.69) is 47.1 Å². The van der Waals surface area contributed by atoms with Gasteiger partial charge in [0.25, 0.3) is 0 Å². The van der Waals surface area contributed by atoms with Gasteiger partial charge in [0.15, 0.2) is 0 Å². The second-order valence-electron chi connectivity index (χ2n) is 4.55. The first kappa shape index (κ1) is 12.4. The van der Waals surface area contributed by atoms with Crippen LogP contribution in [0.3, 0.4) is 0 Å². The number of benzene rings is 1. The maximum Gasteiger partial charge on any atom is 0.0361 e. The fraction of sp³-hybridized carbons (Fsp3) is 0.188. The van der Waals surface area contributed by atoms with Crippen LogP contribution in [-0.4, -0.2) is 19.1 Å². The first-order valence-electron chi connectivity index (χ1n) is 6.03. The third-order valence-corrected chi connectivity index (χ3v) is 2.93. The van der Waals surface area contributed by atoms with Crippen molar-refractivity contribution in [2.75, 3.05) is 19.0 Å². The van der Waals surface area contributed by atoms with E-state index < -0.39 is 0 Å². The van der Waals surface area contributed by atoms with Crippen molar-refractivity contribution in [2.45, 2.75) is 6.92 Å². The summed E-state index contributed by atoms with van der Waals surface area (Å²) in [6.07, 6.45) is 5.83. The van der Waals surface area contributed by atoms with Crippen LogP contribution in [0, 0.1) is 0 Å². The molecule has 2 nitrogen and oxygen atoms in total. The van der Waals surface area contributed by atoms with E-state index in [4.69, 9.17) is 0 Å². The van der Waals surface area contributed by atoms with Crippen LogP contribution in [0.5, 0.6) is 0 Å². The lowest BCUT2D eigenvalue weighted by atomic mass is 10.1. The van der Waals surface area contributed by atoms with E-state index in [1.54, 1.807) is 0 Å². The average Bonchev–Trinajstić information content (AvgIpc) is 2.40. The maximum absolute atomic E-state index is 4.03. The highest BCUT2D eigenvalue weighted by molar-refractivity contribution is 5.80. The maximum atomic E-state index is 4.03. The summed E-state index contributed by atoms with van der Waals surface area (Å²) in [5.74, 6) is 0. The van der Waals surface area contributed by atoms with Gasteiger partial charge in [0, 0.05) is 32.2 Å². The Morgan fingerprint density at radius 1 is 1.00 bits per heavy atom. The molecule has 0 bridgehead atoms. The van der Waals surface area contributed by atoms with E-state index in [0.29, 0.717) is 0 Å². The van der Waals surface area contributed by atoms with Crippen LogP contribution in [0.1, 0.15) is 18.1 Å². The molecule has 0 spiro atoms. The fourth-order valence-corrected chi connectivity index (χ4v) is 1.82. The minimum atomic E-state index is 1.21. The summed E-state index contributed by atoms with van der Waals surface area (Å²) >= 11 is 0. The largest absolute Gasteiger partial charge is 0.378 e. The monoisotopic (exact) mass is 238 g/mol. The van der Waals surface area contributed by atoms with Gasteiger partial charge in [-0.2, -0.15) is 0 Å². The minimum Gasteiger partial charge on any atom is -0.378 e. The molecule has 0 atom stereocenters. The molecule has 0 N–H and O–H groups in total. The molecule has 0 aliphatic carbocycles. The second kappa shape index (κ2) is 5.50. The number of aromatic nitrogens is 1. The molecule has 0 radical (unpaired) electrons. The minimum absolute atomic E-state index is 1.21. The molecule has 92 valence electrons. The van der Waals surface area contributed by atoms with Crippen molar-refractivity contribution in [3.8, 4) is 0 Å². The number of allylic oxidation sites excluding steroid dienone is 1. The fourth-order valence-electron chi connectivity index (χ4n) is 1.82. The van der Waals surface area contributed by atoms with Crippen LogP contribution in [-0.2, 0) is 0 Å². The molecular formula is C16H18N2. The highest BCUT2D eigenvalue weighted by Crippen LogP contribution is 2.19. The van der Waals surface area contributed by atoms with E-state index in [1.165, 1.54) is 22.4 Å². The van der Waals surface area contributed by atoms with Crippen LogP contribution in [0.4, 0.5) is 5.69 Å². The van der Waals surface area contributed by atoms with Crippen molar-refractivity contribution in [3.63, 3.8) is 0 Å². The summed E-state index contributed by atoms with van der Waals surface area (Å²) in [6.45, 7) is 2.12. The average molecular weight is 238 g/mol. The van der Waals surface area contributed by atoms with Gasteiger partial charge in [-0.25, -0.2) is 0 Å². The van der Waals surface area contributed by atoms with Gasteiger partial charge in [-0.1, -0.05) is 18.2 Å². The van der Waals surface area contributed by atoms with E-state index >= 15 is 0 Å². The number of hydrogen-bond donors (Lipinski definition) is 0. The van der Waals surface area contributed by atoms with E-state index in [9.17, 15) is 0 Å². The van der Waals surface area contributed by atoms with Gasteiger partial charge in [0.05, 0.1) is 0 Å². The molecule has 0 saturated heterocycles. The highest BCUT2D eigenvalue weighted by Gasteiger charge is 1.97. The molecule has 0 unspecified atom stereocenters. The molecule has 0 aliphatic heterocycles. The lowest BCUT2D eigenvalue weighted by molar-refractivity contribution is 1.13. The first-order valence-corrected chi connectivity index (χ1v) is 6.03. The molecular weight excluding hydrogens is 220 g/mol. The van der Waals surface area contributed by atoms with Gasteiger partial charge in [-0.15, -0.1) is 0 Å². The lowest BCUT2D eigenvalue weighted by Crippen LogP contribution is -2.07. The van der Waals surface area contributed by atoms with Crippen LogP contribution in [0.2, 0.25) is 0 Å². The molecule has 18 heavy (non-hydrogen) atoms. The number of hydrogen-bond acceptors (Lipinski definition) is 2. The molecule has 1 heterocycles. The molecule has 1 aromatic heterocycles. The predicted molar refractivity (Wildman–Crippen MR) is 78.6 cm³/mol. The van der Waals surface area contributed by atoms with Crippen molar-refractivity contribution in [3.05, 3.63) is 59.9 Å². The van der Waals surface area contributed by atoms with Crippen molar-refractivity contribution in [1.29, 1.82) is 0 Å². The van der Waals surface area contributed by atoms with Crippen molar-refractivity contribution in [2.24, 2.45) is 0 Å². The summed E-state index contributed by atoms with van der Waals surface area (Å²) < 4.78 is 0. The summed E-state index contributed by atoms with van der Waals surface area (Å²) in [5, 5.41) is 0. The second-order valence-corrected chi connectivity index (χ2v) is 4.55. The summed E-state index contributed by atoms with van der Waals surface area (Å²) in [6, 6.07) is 12.6. The third kappa shape index (κ3) is 2.98. The Morgan fingerprint density at radius 3 is 2.17 bits per heavy atom. The van der Waals surface area contributed by atoms with Crippen LogP contribution in [0.15, 0.2) is 48.8 Å². The number of nitrogens with zero attached hydrogens (tertiary/aromatic N) is 2. The molecule has 0 aliphatic rings. The Labute approximate surface area is 109 Å². The smallest absolute Gasteiger partial charge is 0.0361 e. The molecule has 0 saturated carbocycles. The van der Waals surface area contributed by atoms with Crippen LogP contribution in [0.25, 0.3) is 11.6 Å². The van der Waals surface area contributed by atoms with Gasteiger partial charge in [0.1, 0.15) is 0 Å². The quantitative estimate of drug-likeness (QED) is 0.810. The molecule has 1 aromatic carbocycles. The van der Waals surface area contributed by atoms with E-state index in [1.807, 2.05) is 38.6 Å². The zero-order valence-electron chi connectivity index (χ0n) is 11.1. The van der Waals surface area contributed by atoms with Crippen LogP contribution < -0.4 is 4.90 Å². The molecule has 0 fully saturated rings. The molecule has 2 aromatic rings. The molecule has 0 amide bonds. The van der Waals surface area contributed by atoms with Gasteiger partial charge >= 0.3 is 0 Å². The highest BCUT2D eigenvalue weighted by atomic mass is 15.1. The van der Waals surface area contributed by atoms with Gasteiger partial charge in [-0.05, 0) is 47.9 Å². The Balaban J connectivity index is 2.23. The number of anilines is 1. The Morgan fingerprint density at radius 2 is 1.61 bits per heavy atom. The van der Waals surface area contributed by atoms with E-state index in [0.717, 1.165) is 0 Å². The van der Waals surface area contributed by atoms with Crippen molar-refractivity contribution >= 4 is 17.3 Å². The standard InChI is InChI=1S/C16H18N2/c1-13(15-8-10-17-11-9-15)12-14-4-6-16(7-5-14)18(2)3/h4-12H,1-3H3/b13-12-. The van der Waals surface area contributed by atoms with Gasteiger partial charge < -0.3 is 4.90 Å². The Bertz CT molecular complexity index is 525. The summed E-state index contributed by atoms with van der Waals surface area (Å²) in [5.41, 5.74) is 4.89. The van der Waals surface area contributed by atoms with Crippen molar-refractivity contribution < 1.29 is 0 Å². The third-order valence-electron chi connectivity index (χ3n) is 2.93. The normalized spacial score (nSPS) is 11.4.